The van der Waals surface area contributed by atoms with Crippen LogP contribution in [0.15, 0.2) is 42.9 Å². The fourth-order valence-electron chi connectivity index (χ4n) is 1.83. The molecule has 0 N–H and O–H groups in total. The van der Waals surface area contributed by atoms with Gasteiger partial charge in [0.2, 0.25) is 5.82 Å². The summed E-state index contributed by atoms with van der Waals surface area (Å²) in [7, 11) is 0. The summed E-state index contributed by atoms with van der Waals surface area (Å²) in [5.74, 6) is 5.40. The predicted octanol–water partition coefficient (Wildman–Crippen LogP) is 2.73. The molecule has 2 heterocycles. The molecular formula is C16H7ClFN5. The summed E-state index contributed by atoms with van der Waals surface area (Å²) in [5, 5.41) is 13.1. The summed E-state index contributed by atoms with van der Waals surface area (Å²) in [5.41, 5.74) is 1.02. The van der Waals surface area contributed by atoms with Crippen LogP contribution in [0.5, 0.6) is 0 Å². The first-order chi connectivity index (χ1) is 11.2. The fraction of sp³-hybridized carbons (Fsp3) is 0. The van der Waals surface area contributed by atoms with E-state index in [1.54, 1.807) is 24.7 Å². The maximum Gasteiger partial charge on any atom is 0.205 e. The third kappa shape index (κ3) is 3.34. The van der Waals surface area contributed by atoms with Gasteiger partial charge in [0.15, 0.2) is 5.15 Å². The molecule has 23 heavy (non-hydrogen) atoms. The fourth-order valence-corrected chi connectivity index (χ4v) is 2.00. The Morgan fingerprint density at radius 3 is 2.65 bits per heavy atom. The van der Waals surface area contributed by atoms with Crippen LogP contribution in [-0.4, -0.2) is 19.7 Å². The first kappa shape index (κ1) is 14.7. The lowest BCUT2D eigenvalue weighted by molar-refractivity contribution is 0.625. The Kier molecular flexibility index (Phi) is 4.01. The number of nitrogens with zero attached hydrogens (tertiary/aromatic N) is 5. The lowest BCUT2D eigenvalue weighted by Gasteiger charge is -2.01. The van der Waals surface area contributed by atoms with E-state index in [1.807, 2.05) is 6.07 Å². The van der Waals surface area contributed by atoms with Gasteiger partial charge in [-0.3, -0.25) is 0 Å². The van der Waals surface area contributed by atoms with E-state index in [0.29, 0.717) is 17.1 Å². The molecule has 0 atom stereocenters. The number of rotatable bonds is 1. The summed E-state index contributed by atoms with van der Waals surface area (Å²) in [6, 6.07) is 7.47. The molecule has 0 radical (unpaired) electrons. The molecular weight excluding hydrogens is 317 g/mol. The Bertz CT molecular complexity index is 964. The van der Waals surface area contributed by atoms with Gasteiger partial charge in [-0.05, 0) is 30.2 Å². The Labute approximate surface area is 136 Å². The van der Waals surface area contributed by atoms with E-state index < -0.39 is 5.82 Å². The largest absolute Gasteiger partial charge is 0.238 e. The smallest absolute Gasteiger partial charge is 0.205 e. The molecule has 0 saturated heterocycles. The van der Waals surface area contributed by atoms with Gasteiger partial charge in [-0.1, -0.05) is 17.5 Å². The molecule has 5 nitrogen and oxygen atoms in total. The molecule has 0 unspecified atom stereocenters. The quantitative estimate of drug-likeness (QED) is 0.646. The van der Waals surface area contributed by atoms with Gasteiger partial charge in [0.1, 0.15) is 5.82 Å². The van der Waals surface area contributed by atoms with Gasteiger partial charge < -0.3 is 0 Å². The van der Waals surface area contributed by atoms with Crippen LogP contribution < -0.4 is 0 Å². The van der Waals surface area contributed by atoms with E-state index in [4.69, 9.17) is 16.9 Å². The second-order valence-electron chi connectivity index (χ2n) is 4.41. The zero-order chi connectivity index (χ0) is 16.2. The summed E-state index contributed by atoms with van der Waals surface area (Å²) in [4.78, 5) is 7.96. The minimum absolute atomic E-state index is 0.163. The van der Waals surface area contributed by atoms with Gasteiger partial charge in [-0.2, -0.15) is 10.4 Å². The van der Waals surface area contributed by atoms with Crippen LogP contribution in [-0.2, 0) is 0 Å². The maximum atomic E-state index is 13.5. The molecule has 0 aliphatic rings. The van der Waals surface area contributed by atoms with Crippen molar-refractivity contribution in [3.63, 3.8) is 0 Å². The van der Waals surface area contributed by atoms with Crippen LogP contribution in [0.25, 0.3) is 5.69 Å². The maximum absolute atomic E-state index is 13.5. The third-order valence-corrected chi connectivity index (χ3v) is 3.10. The Hall–Kier alpha value is -3.22. The molecule has 0 bridgehead atoms. The van der Waals surface area contributed by atoms with Crippen molar-refractivity contribution in [3.8, 4) is 23.6 Å². The summed E-state index contributed by atoms with van der Waals surface area (Å²) in [6.45, 7) is 0. The molecule has 0 fully saturated rings. The molecule has 7 heteroatoms. The molecule has 2 aromatic heterocycles. The van der Waals surface area contributed by atoms with Crippen LogP contribution in [0.2, 0.25) is 5.15 Å². The standard InChI is InChI=1S/C16H7ClFN5/c17-16-12(2-3-15-20-4-1-5-21-15)10-23(22-16)14-7-11(9-19)6-13(18)8-14/h1,4-8,10H. The molecule has 0 aliphatic heterocycles. The van der Waals surface area contributed by atoms with Crippen molar-refractivity contribution in [2.75, 3.05) is 0 Å². The van der Waals surface area contributed by atoms with Crippen molar-refractivity contribution < 1.29 is 4.39 Å². The number of benzene rings is 1. The average Bonchev–Trinajstić information content (AvgIpc) is 2.94. The SMILES string of the molecule is N#Cc1cc(F)cc(-n2cc(C#Cc3ncccn3)c(Cl)n2)c1. The molecule has 3 rings (SSSR count). The molecule has 1 aromatic carbocycles. The number of aromatic nitrogens is 4. The highest BCUT2D eigenvalue weighted by Gasteiger charge is 2.08. The second kappa shape index (κ2) is 6.27. The third-order valence-electron chi connectivity index (χ3n) is 2.82. The van der Waals surface area contributed by atoms with E-state index in [9.17, 15) is 4.39 Å². The molecule has 0 saturated carbocycles. The highest BCUT2D eigenvalue weighted by molar-refractivity contribution is 6.30. The molecule has 0 spiro atoms. The number of halogens is 2. The summed E-state index contributed by atoms with van der Waals surface area (Å²) < 4.78 is 14.9. The van der Waals surface area contributed by atoms with Crippen LogP contribution in [0.4, 0.5) is 4.39 Å². The lowest BCUT2D eigenvalue weighted by atomic mass is 10.2. The van der Waals surface area contributed by atoms with Gasteiger partial charge in [0.05, 0.1) is 22.9 Å². The zero-order valence-corrected chi connectivity index (χ0v) is 12.3. The molecule has 3 aromatic rings. The average molecular weight is 324 g/mol. The monoisotopic (exact) mass is 323 g/mol. The van der Waals surface area contributed by atoms with Crippen molar-refractivity contribution in [1.82, 2.24) is 19.7 Å². The van der Waals surface area contributed by atoms with Crippen LogP contribution in [0.3, 0.4) is 0 Å². The normalized spacial score (nSPS) is 9.78. The molecule has 110 valence electrons. The van der Waals surface area contributed by atoms with E-state index in [-0.39, 0.29) is 10.7 Å². The molecule has 0 amide bonds. The number of hydrogen-bond donors (Lipinski definition) is 0. The minimum Gasteiger partial charge on any atom is -0.238 e. The van der Waals surface area contributed by atoms with Crippen molar-refractivity contribution in [2.45, 2.75) is 0 Å². The van der Waals surface area contributed by atoms with Gasteiger partial charge in [0, 0.05) is 18.6 Å². The number of hydrogen-bond acceptors (Lipinski definition) is 4. The van der Waals surface area contributed by atoms with Crippen molar-refractivity contribution >= 4 is 11.6 Å². The topological polar surface area (TPSA) is 67.4 Å². The van der Waals surface area contributed by atoms with Crippen molar-refractivity contribution in [1.29, 1.82) is 5.26 Å². The first-order valence-electron chi connectivity index (χ1n) is 6.41. The Morgan fingerprint density at radius 1 is 1.13 bits per heavy atom. The summed E-state index contributed by atoms with van der Waals surface area (Å²) >= 11 is 6.04. The van der Waals surface area contributed by atoms with Crippen LogP contribution in [0.1, 0.15) is 17.0 Å². The van der Waals surface area contributed by atoms with Crippen LogP contribution in [0, 0.1) is 29.0 Å². The molecule has 0 aliphatic carbocycles. The summed E-state index contributed by atoms with van der Waals surface area (Å²) in [6.07, 6.45) is 4.71. The van der Waals surface area contributed by atoms with Crippen LogP contribution >= 0.6 is 11.6 Å². The Balaban J connectivity index is 1.98. The lowest BCUT2D eigenvalue weighted by Crippen LogP contribution is -1.96. The first-order valence-corrected chi connectivity index (χ1v) is 6.79. The predicted molar refractivity (Wildman–Crippen MR) is 81.3 cm³/mol. The van der Waals surface area contributed by atoms with E-state index in [2.05, 4.69) is 26.9 Å². The van der Waals surface area contributed by atoms with E-state index >= 15 is 0 Å². The zero-order valence-electron chi connectivity index (χ0n) is 11.5. The van der Waals surface area contributed by atoms with Crippen molar-refractivity contribution in [2.24, 2.45) is 0 Å². The second-order valence-corrected chi connectivity index (χ2v) is 4.77. The van der Waals surface area contributed by atoms with Crippen molar-refractivity contribution in [3.05, 3.63) is 70.8 Å². The van der Waals surface area contributed by atoms with Gasteiger partial charge >= 0.3 is 0 Å². The Morgan fingerprint density at radius 2 is 1.91 bits per heavy atom. The van der Waals surface area contributed by atoms with E-state index in [1.165, 1.54) is 16.8 Å². The van der Waals surface area contributed by atoms with Gasteiger partial charge in [-0.15, -0.1) is 0 Å². The highest BCUT2D eigenvalue weighted by atomic mass is 35.5. The highest BCUT2D eigenvalue weighted by Crippen LogP contribution is 2.18. The van der Waals surface area contributed by atoms with Gasteiger partial charge in [0.25, 0.3) is 0 Å². The van der Waals surface area contributed by atoms with Gasteiger partial charge in [-0.25, -0.2) is 19.0 Å². The minimum atomic E-state index is -0.531. The van der Waals surface area contributed by atoms with E-state index in [0.717, 1.165) is 6.07 Å². The number of nitriles is 1.